The van der Waals surface area contributed by atoms with E-state index < -0.39 is 0 Å². The molecule has 0 atom stereocenters. The Hall–Kier alpha value is -1.97. The predicted octanol–water partition coefficient (Wildman–Crippen LogP) is 4.29. The fourth-order valence-corrected chi connectivity index (χ4v) is 2.60. The molecule has 0 fully saturated rings. The number of carbonyl (C=O) groups is 1. The summed E-state index contributed by atoms with van der Waals surface area (Å²) >= 11 is 12.1. The molecule has 3 N–H and O–H groups in total. The van der Waals surface area contributed by atoms with Crippen LogP contribution in [0.3, 0.4) is 0 Å². The first kappa shape index (κ1) is 13.0. The summed E-state index contributed by atoms with van der Waals surface area (Å²) < 4.78 is 0. The number of nitrogens with two attached hydrogens (primary N) is 1. The largest absolute Gasteiger partial charge is 0.399 e. The summed E-state index contributed by atoms with van der Waals surface area (Å²) in [4.78, 5) is 15.7. The molecule has 3 nitrogen and oxygen atoms in total. The molecule has 20 heavy (non-hydrogen) atoms. The third kappa shape index (κ3) is 2.05. The zero-order valence-corrected chi connectivity index (χ0v) is 11.8. The lowest BCUT2D eigenvalue weighted by atomic mass is 10.0. The molecular formula is C15H10Cl2N2O. The van der Waals surface area contributed by atoms with Crippen molar-refractivity contribution in [1.29, 1.82) is 0 Å². The molecule has 0 bridgehead atoms. The van der Waals surface area contributed by atoms with Crippen LogP contribution in [-0.4, -0.2) is 10.8 Å². The van der Waals surface area contributed by atoms with Crippen molar-refractivity contribution in [3.8, 4) is 0 Å². The molecule has 2 aromatic carbocycles. The standard InChI is InChI=1S/C15H10Cl2N2O/c16-12-6-8(18)5-10(14(12)17)15(20)11-7-19-13-4-2-1-3-9(11)13/h1-7,19H,18H2. The number of rotatable bonds is 2. The maximum Gasteiger partial charge on any atom is 0.196 e. The van der Waals surface area contributed by atoms with Gasteiger partial charge in [0.15, 0.2) is 5.78 Å². The second-order valence-corrected chi connectivity index (χ2v) is 5.23. The van der Waals surface area contributed by atoms with Gasteiger partial charge < -0.3 is 10.7 Å². The maximum absolute atomic E-state index is 12.6. The van der Waals surface area contributed by atoms with E-state index in [1.807, 2.05) is 24.3 Å². The summed E-state index contributed by atoms with van der Waals surface area (Å²) in [6.07, 6.45) is 1.67. The number of aromatic amines is 1. The molecule has 100 valence electrons. The second-order valence-electron chi connectivity index (χ2n) is 4.44. The molecule has 0 amide bonds. The third-order valence-corrected chi connectivity index (χ3v) is 3.93. The van der Waals surface area contributed by atoms with Crippen molar-refractivity contribution >= 4 is 45.6 Å². The van der Waals surface area contributed by atoms with E-state index in [0.29, 0.717) is 16.8 Å². The quantitative estimate of drug-likeness (QED) is 0.548. The molecule has 0 aliphatic heterocycles. The number of nitrogens with one attached hydrogen (secondary N) is 1. The van der Waals surface area contributed by atoms with E-state index in [9.17, 15) is 4.79 Å². The van der Waals surface area contributed by atoms with Gasteiger partial charge in [0.25, 0.3) is 0 Å². The van der Waals surface area contributed by atoms with E-state index in [2.05, 4.69) is 4.98 Å². The van der Waals surface area contributed by atoms with E-state index in [0.717, 1.165) is 10.9 Å². The number of aromatic nitrogens is 1. The Morgan fingerprint density at radius 2 is 1.85 bits per heavy atom. The number of halogens is 2. The Morgan fingerprint density at radius 3 is 2.65 bits per heavy atom. The summed E-state index contributed by atoms with van der Waals surface area (Å²) in [6, 6.07) is 10.6. The molecule has 1 heterocycles. The fraction of sp³-hybridized carbons (Fsp3) is 0. The first-order chi connectivity index (χ1) is 9.58. The zero-order chi connectivity index (χ0) is 14.3. The minimum Gasteiger partial charge on any atom is -0.399 e. The SMILES string of the molecule is Nc1cc(Cl)c(Cl)c(C(=O)c2c[nH]c3ccccc23)c1. The lowest BCUT2D eigenvalue weighted by Crippen LogP contribution is -2.03. The highest BCUT2D eigenvalue weighted by atomic mass is 35.5. The van der Waals surface area contributed by atoms with E-state index in [-0.39, 0.29) is 15.8 Å². The maximum atomic E-state index is 12.6. The Balaban J connectivity index is 2.18. The lowest BCUT2D eigenvalue weighted by Gasteiger charge is -2.06. The Kier molecular flexibility index (Phi) is 3.16. The molecular weight excluding hydrogens is 295 g/mol. The van der Waals surface area contributed by atoms with Crippen molar-refractivity contribution in [1.82, 2.24) is 4.98 Å². The van der Waals surface area contributed by atoms with Crippen molar-refractivity contribution < 1.29 is 4.79 Å². The summed E-state index contributed by atoms with van der Waals surface area (Å²) in [5.74, 6) is -0.207. The highest BCUT2D eigenvalue weighted by Gasteiger charge is 2.18. The number of hydrogen-bond donors (Lipinski definition) is 2. The minimum absolute atomic E-state index is 0.207. The van der Waals surface area contributed by atoms with Crippen molar-refractivity contribution in [2.24, 2.45) is 0 Å². The molecule has 0 saturated heterocycles. The number of anilines is 1. The number of H-pyrrole nitrogens is 1. The van der Waals surface area contributed by atoms with Crippen LogP contribution in [0, 0.1) is 0 Å². The first-order valence-electron chi connectivity index (χ1n) is 5.93. The molecule has 5 heteroatoms. The number of hydrogen-bond acceptors (Lipinski definition) is 2. The highest BCUT2D eigenvalue weighted by Crippen LogP contribution is 2.31. The van der Waals surface area contributed by atoms with Crippen LogP contribution in [0.2, 0.25) is 10.0 Å². The van der Waals surface area contributed by atoms with Crippen LogP contribution >= 0.6 is 23.2 Å². The Labute approximate surface area is 125 Å². The summed E-state index contributed by atoms with van der Waals surface area (Å²) in [7, 11) is 0. The lowest BCUT2D eigenvalue weighted by molar-refractivity contribution is 0.104. The van der Waals surface area contributed by atoms with Crippen molar-refractivity contribution in [2.45, 2.75) is 0 Å². The van der Waals surface area contributed by atoms with Crippen LogP contribution in [-0.2, 0) is 0 Å². The Morgan fingerprint density at radius 1 is 1.10 bits per heavy atom. The van der Waals surface area contributed by atoms with Crippen LogP contribution in [0.1, 0.15) is 15.9 Å². The Bertz CT molecular complexity index is 824. The van der Waals surface area contributed by atoms with Gasteiger partial charge in [-0.1, -0.05) is 41.4 Å². The number of para-hydroxylation sites is 1. The van der Waals surface area contributed by atoms with Gasteiger partial charge in [0.05, 0.1) is 10.0 Å². The van der Waals surface area contributed by atoms with Crippen LogP contribution in [0.5, 0.6) is 0 Å². The van der Waals surface area contributed by atoms with Crippen molar-refractivity contribution in [3.63, 3.8) is 0 Å². The van der Waals surface area contributed by atoms with Crippen molar-refractivity contribution in [3.05, 3.63) is 63.8 Å². The average molecular weight is 305 g/mol. The molecule has 1 aromatic heterocycles. The molecule has 0 spiro atoms. The predicted molar refractivity (Wildman–Crippen MR) is 82.6 cm³/mol. The smallest absolute Gasteiger partial charge is 0.196 e. The minimum atomic E-state index is -0.207. The van der Waals surface area contributed by atoms with Crippen LogP contribution in [0.25, 0.3) is 10.9 Å². The van der Waals surface area contributed by atoms with Gasteiger partial charge >= 0.3 is 0 Å². The van der Waals surface area contributed by atoms with Gasteiger partial charge in [0.1, 0.15) is 0 Å². The number of nitrogen functional groups attached to an aromatic ring is 1. The summed E-state index contributed by atoms with van der Waals surface area (Å²) in [5, 5.41) is 1.33. The second kappa shape index (κ2) is 4.85. The molecule has 0 radical (unpaired) electrons. The molecule has 3 aromatic rings. The van der Waals surface area contributed by atoms with Crippen LogP contribution < -0.4 is 5.73 Å². The normalized spacial score (nSPS) is 10.9. The first-order valence-corrected chi connectivity index (χ1v) is 6.69. The molecule has 0 aliphatic carbocycles. The van der Waals surface area contributed by atoms with Gasteiger partial charge in [-0.3, -0.25) is 4.79 Å². The van der Waals surface area contributed by atoms with Gasteiger partial charge in [-0.15, -0.1) is 0 Å². The third-order valence-electron chi connectivity index (χ3n) is 3.13. The van der Waals surface area contributed by atoms with E-state index in [4.69, 9.17) is 28.9 Å². The monoisotopic (exact) mass is 304 g/mol. The summed E-state index contributed by atoms with van der Waals surface area (Å²) in [6.45, 7) is 0. The van der Waals surface area contributed by atoms with Crippen LogP contribution in [0.4, 0.5) is 5.69 Å². The molecule has 0 saturated carbocycles. The highest BCUT2D eigenvalue weighted by molar-refractivity contribution is 6.44. The topological polar surface area (TPSA) is 58.9 Å². The zero-order valence-electron chi connectivity index (χ0n) is 10.3. The number of fused-ring (bicyclic) bond motifs is 1. The van der Waals surface area contributed by atoms with E-state index in [1.165, 1.54) is 6.07 Å². The molecule has 3 rings (SSSR count). The molecule has 0 aliphatic rings. The van der Waals surface area contributed by atoms with Crippen molar-refractivity contribution in [2.75, 3.05) is 5.73 Å². The average Bonchev–Trinajstić information content (AvgIpc) is 2.86. The number of ketones is 1. The van der Waals surface area contributed by atoms with Gasteiger partial charge in [0.2, 0.25) is 0 Å². The van der Waals surface area contributed by atoms with Gasteiger partial charge in [-0.2, -0.15) is 0 Å². The molecule has 0 unspecified atom stereocenters. The number of carbonyl (C=O) groups excluding carboxylic acids is 1. The van der Waals surface area contributed by atoms with E-state index >= 15 is 0 Å². The van der Waals surface area contributed by atoms with Crippen LogP contribution in [0.15, 0.2) is 42.6 Å². The van der Waals surface area contributed by atoms with Gasteiger partial charge in [0, 0.05) is 33.9 Å². The fourth-order valence-electron chi connectivity index (χ4n) is 2.18. The van der Waals surface area contributed by atoms with Gasteiger partial charge in [-0.25, -0.2) is 0 Å². The van der Waals surface area contributed by atoms with E-state index in [1.54, 1.807) is 12.3 Å². The summed E-state index contributed by atoms with van der Waals surface area (Å²) in [5.41, 5.74) is 7.88. The van der Waals surface area contributed by atoms with Gasteiger partial charge in [-0.05, 0) is 18.2 Å². The number of benzene rings is 2.